The lowest BCUT2D eigenvalue weighted by atomic mass is 9.83. The fraction of sp³-hybridized carbons (Fsp3) is 0.792. The third-order valence-corrected chi connectivity index (χ3v) is 8.08. The van der Waals surface area contributed by atoms with Crippen LogP contribution < -0.4 is 16.0 Å². The Labute approximate surface area is 212 Å². The Morgan fingerprint density at radius 1 is 1.16 bits per heavy atom. The smallest absolute Gasteiger partial charge is 0.379 e. The Morgan fingerprint density at radius 2 is 1.89 bits per heavy atom. The van der Waals surface area contributed by atoms with Gasteiger partial charge in [-0.15, -0.1) is 0 Å². The fourth-order valence-corrected chi connectivity index (χ4v) is 6.21. The highest BCUT2D eigenvalue weighted by Gasteiger charge is 2.54. The van der Waals surface area contributed by atoms with Crippen molar-refractivity contribution < 1.29 is 37.1 Å². The van der Waals surface area contributed by atoms with Crippen molar-refractivity contribution in [2.24, 2.45) is 23.2 Å². The molecular formula is C24H32F3N5O5. The van der Waals surface area contributed by atoms with E-state index in [-0.39, 0.29) is 43.9 Å². The van der Waals surface area contributed by atoms with Crippen LogP contribution in [0.25, 0.3) is 0 Å². The maximum Gasteiger partial charge on any atom is 0.471 e. The van der Waals surface area contributed by atoms with Crippen LogP contribution in [0.5, 0.6) is 0 Å². The second-order valence-corrected chi connectivity index (χ2v) is 11.3. The molecule has 0 aromatic carbocycles. The van der Waals surface area contributed by atoms with Crippen LogP contribution in [0.3, 0.4) is 0 Å². The van der Waals surface area contributed by atoms with E-state index in [1.807, 2.05) is 11.4 Å². The average Bonchev–Trinajstić information content (AvgIpc) is 3.49. The summed E-state index contributed by atoms with van der Waals surface area (Å²) < 4.78 is 45.4. The van der Waals surface area contributed by atoms with Crippen molar-refractivity contribution >= 4 is 23.6 Å². The number of nitrogens with zero attached hydrogens (tertiary/aromatic N) is 2. The van der Waals surface area contributed by atoms with E-state index in [0.717, 1.165) is 12.8 Å². The van der Waals surface area contributed by atoms with Gasteiger partial charge in [-0.25, -0.2) is 0 Å². The average molecular weight is 528 g/mol. The minimum absolute atomic E-state index is 0.0150. The maximum absolute atomic E-state index is 13.8. The van der Waals surface area contributed by atoms with Gasteiger partial charge in [0.1, 0.15) is 18.1 Å². The highest BCUT2D eigenvalue weighted by atomic mass is 19.4. The van der Waals surface area contributed by atoms with E-state index in [9.17, 15) is 37.6 Å². The van der Waals surface area contributed by atoms with E-state index >= 15 is 0 Å². The third kappa shape index (κ3) is 5.54. The van der Waals surface area contributed by atoms with Crippen molar-refractivity contribution in [2.45, 2.75) is 76.3 Å². The highest BCUT2D eigenvalue weighted by molar-refractivity contribution is 5.94. The van der Waals surface area contributed by atoms with Crippen LogP contribution in [-0.2, 0) is 23.9 Å². The van der Waals surface area contributed by atoms with Gasteiger partial charge < -0.3 is 25.6 Å². The molecule has 0 radical (unpaired) electrons. The molecule has 0 aromatic heterocycles. The van der Waals surface area contributed by atoms with Crippen LogP contribution in [0.2, 0.25) is 0 Å². The van der Waals surface area contributed by atoms with Crippen LogP contribution >= 0.6 is 0 Å². The lowest BCUT2D eigenvalue weighted by Gasteiger charge is -2.38. The lowest BCUT2D eigenvalue weighted by Crippen LogP contribution is -2.61. The third-order valence-electron chi connectivity index (χ3n) is 8.08. The topological polar surface area (TPSA) is 141 Å². The molecule has 10 nitrogen and oxygen atoms in total. The summed E-state index contributed by atoms with van der Waals surface area (Å²) in [5.41, 5.74) is -1.28. The molecule has 7 atom stereocenters. The normalized spacial score (nSPS) is 36.4. The molecule has 4 amide bonds. The van der Waals surface area contributed by atoms with Gasteiger partial charge in [0.15, 0.2) is 0 Å². The largest absolute Gasteiger partial charge is 0.471 e. The van der Waals surface area contributed by atoms with Crippen molar-refractivity contribution in [3.05, 3.63) is 0 Å². The number of nitrogens with one attached hydrogen (secondary N) is 3. The van der Waals surface area contributed by atoms with Gasteiger partial charge in [0.25, 0.3) is 0 Å². The van der Waals surface area contributed by atoms with Crippen LogP contribution in [-0.4, -0.2) is 78.6 Å². The zero-order valence-electron chi connectivity index (χ0n) is 20.8. The molecule has 0 aromatic rings. The number of fused-ring (bicyclic) bond motifs is 5. The quantitative estimate of drug-likeness (QED) is 0.457. The molecule has 204 valence electrons. The van der Waals surface area contributed by atoms with Gasteiger partial charge in [0, 0.05) is 17.9 Å². The first-order chi connectivity index (χ1) is 17.3. The van der Waals surface area contributed by atoms with Crippen molar-refractivity contribution in [1.29, 1.82) is 5.26 Å². The summed E-state index contributed by atoms with van der Waals surface area (Å²) >= 11 is 0. The zero-order valence-corrected chi connectivity index (χ0v) is 20.8. The van der Waals surface area contributed by atoms with E-state index < -0.39 is 59.4 Å². The number of alkyl halides is 3. The Bertz CT molecular complexity index is 996. The summed E-state index contributed by atoms with van der Waals surface area (Å²) in [6.07, 6.45) is -2.50. The summed E-state index contributed by atoms with van der Waals surface area (Å²) in [5, 5.41) is 17.0. The predicted octanol–water partition coefficient (Wildman–Crippen LogP) is 0.620. The molecule has 1 aliphatic carbocycles. The molecule has 3 saturated heterocycles. The van der Waals surface area contributed by atoms with E-state index in [4.69, 9.17) is 4.74 Å². The van der Waals surface area contributed by atoms with Gasteiger partial charge in [-0.05, 0) is 37.5 Å². The maximum atomic E-state index is 13.8. The molecule has 4 rings (SSSR count). The summed E-state index contributed by atoms with van der Waals surface area (Å²) in [4.78, 5) is 53.0. The number of carbonyl (C=O) groups is 4. The minimum atomic E-state index is -5.21. The van der Waals surface area contributed by atoms with Crippen LogP contribution in [0, 0.1) is 34.5 Å². The SMILES string of the molecule is CC1(C)COC[C@@H]2CC(C[C@@H](C#N)NC(=O)[C@@H]3[C@H]4CCC[C@H]4CN3C(=O)[C@H]1NC(=O)C(F)(F)F)C(=O)N2. The monoisotopic (exact) mass is 527 g/mol. The van der Waals surface area contributed by atoms with Crippen molar-refractivity contribution in [1.82, 2.24) is 20.9 Å². The second-order valence-electron chi connectivity index (χ2n) is 11.3. The lowest BCUT2D eigenvalue weighted by molar-refractivity contribution is -0.176. The van der Waals surface area contributed by atoms with Crippen LogP contribution in [0.15, 0.2) is 0 Å². The van der Waals surface area contributed by atoms with Gasteiger partial charge >= 0.3 is 12.1 Å². The van der Waals surface area contributed by atoms with Gasteiger partial charge in [-0.1, -0.05) is 20.3 Å². The molecule has 37 heavy (non-hydrogen) atoms. The Hall–Kier alpha value is -2.88. The van der Waals surface area contributed by atoms with Gasteiger partial charge in [-0.2, -0.15) is 18.4 Å². The first kappa shape index (κ1) is 27.2. The summed E-state index contributed by atoms with van der Waals surface area (Å²) in [6, 6.07) is -1.98. The first-order valence-corrected chi connectivity index (χ1v) is 12.6. The molecule has 1 unspecified atom stereocenters. The van der Waals surface area contributed by atoms with E-state index in [0.29, 0.717) is 12.8 Å². The van der Waals surface area contributed by atoms with E-state index in [1.54, 1.807) is 0 Å². The Kier molecular flexibility index (Phi) is 7.43. The number of amides is 4. The van der Waals surface area contributed by atoms with Gasteiger partial charge in [0.2, 0.25) is 17.7 Å². The van der Waals surface area contributed by atoms with Crippen LogP contribution in [0.1, 0.15) is 46.0 Å². The zero-order chi connectivity index (χ0) is 27.1. The van der Waals surface area contributed by atoms with Gasteiger partial charge in [0.05, 0.1) is 25.3 Å². The van der Waals surface area contributed by atoms with Crippen LogP contribution in [0.4, 0.5) is 13.2 Å². The first-order valence-electron chi connectivity index (χ1n) is 12.6. The summed E-state index contributed by atoms with van der Waals surface area (Å²) in [7, 11) is 0. The van der Waals surface area contributed by atoms with E-state index in [1.165, 1.54) is 18.7 Å². The molecule has 3 N–H and O–H groups in total. The molecule has 4 fully saturated rings. The summed E-state index contributed by atoms with van der Waals surface area (Å²) in [5.74, 6) is -4.63. The molecule has 3 aliphatic heterocycles. The van der Waals surface area contributed by atoms with Crippen molar-refractivity contribution in [3.8, 4) is 6.07 Å². The number of hydrogen-bond donors (Lipinski definition) is 3. The molecular weight excluding hydrogens is 495 g/mol. The highest BCUT2D eigenvalue weighted by Crippen LogP contribution is 2.43. The number of rotatable bonds is 1. The van der Waals surface area contributed by atoms with E-state index in [2.05, 4.69) is 10.6 Å². The van der Waals surface area contributed by atoms with Gasteiger partial charge in [-0.3, -0.25) is 19.2 Å². The molecule has 4 aliphatic rings. The Morgan fingerprint density at radius 3 is 2.57 bits per heavy atom. The Balaban J connectivity index is 1.70. The number of carbonyl (C=O) groups excluding carboxylic acids is 4. The van der Waals surface area contributed by atoms with Crippen molar-refractivity contribution in [2.75, 3.05) is 19.8 Å². The molecule has 2 bridgehead atoms. The van der Waals surface area contributed by atoms with Crippen molar-refractivity contribution in [3.63, 3.8) is 0 Å². The number of halogens is 3. The molecule has 0 spiro atoms. The molecule has 3 heterocycles. The predicted molar refractivity (Wildman–Crippen MR) is 121 cm³/mol. The number of nitriles is 1. The summed E-state index contributed by atoms with van der Waals surface area (Å²) in [6.45, 7) is 3.05. The molecule has 1 saturated carbocycles. The molecule has 13 heteroatoms. The minimum Gasteiger partial charge on any atom is -0.379 e. The number of ether oxygens (including phenoxy) is 1. The number of hydrogen-bond acceptors (Lipinski definition) is 6. The fourth-order valence-electron chi connectivity index (χ4n) is 6.21. The standard InChI is InChI=1S/C24H32F3N5O5/c1-23(2)11-37-10-15-7-13(19(33)30-15)6-14(8-28)29-20(34)17-16-5-3-4-12(16)9-32(17)21(35)18(23)31-22(36)24(25,26)27/h12-18H,3-7,9-11H2,1-2H3,(H,29,34)(H,30,33)(H,31,36)/t12-,13?,14-,15-,16-,17-,18+/m0/s1. The second kappa shape index (κ2) is 10.1.